The average Bonchev–Trinajstić information content (AvgIpc) is 2.71. The zero-order valence-corrected chi connectivity index (χ0v) is 14.5. The van der Waals surface area contributed by atoms with Gasteiger partial charge in [-0.1, -0.05) is 51.1 Å². The maximum atomic E-state index is 13.0. The lowest BCUT2D eigenvalue weighted by atomic mass is 9.70. The number of fused-ring (bicyclic) bond motifs is 2. The van der Waals surface area contributed by atoms with E-state index in [4.69, 9.17) is 10.7 Å². The highest BCUT2D eigenvalue weighted by atomic mass is 35.7. The molecule has 1 aromatic rings. The lowest BCUT2D eigenvalue weighted by Crippen LogP contribution is -2.45. The van der Waals surface area contributed by atoms with Gasteiger partial charge in [0.15, 0.2) is 5.78 Å². The Kier molecular flexibility index (Phi) is 3.19. The molecule has 2 aliphatic carbocycles. The summed E-state index contributed by atoms with van der Waals surface area (Å²) >= 11 is 0. The van der Waals surface area contributed by atoms with Crippen LogP contribution in [0.1, 0.15) is 39.2 Å². The molecule has 22 heavy (non-hydrogen) atoms. The van der Waals surface area contributed by atoms with Crippen LogP contribution in [0.15, 0.2) is 35.9 Å². The molecule has 2 fully saturated rings. The SMILES string of the molecule is CC12CCC(S(=O)(=O)Cl)(C(=Cc3ccccc3)C1=O)C2(C)C. The second kappa shape index (κ2) is 4.45. The molecule has 0 aromatic heterocycles. The van der Waals surface area contributed by atoms with Gasteiger partial charge in [0.1, 0.15) is 4.75 Å². The van der Waals surface area contributed by atoms with Crippen LogP contribution in [0, 0.1) is 10.8 Å². The minimum atomic E-state index is -3.94. The topological polar surface area (TPSA) is 51.2 Å². The summed E-state index contributed by atoms with van der Waals surface area (Å²) in [7, 11) is 1.94. The van der Waals surface area contributed by atoms with Crippen molar-refractivity contribution in [1.82, 2.24) is 0 Å². The first-order valence-corrected chi connectivity index (χ1v) is 9.65. The number of Topliss-reactive ketones (excluding diaryl/α,β-unsaturated/α-hetero) is 1. The summed E-state index contributed by atoms with van der Waals surface area (Å²) in [6.45, 7) is 5.57. The molecule has 1 aromatic carbocycles. The molecule has 2 unspecified atom stereocenters. The Bertz CT molecular complexity index is 779. The van der Waals surface area contributed by atoms with E-state index in [1.807, 2.05) is 51.1 Å². The van der Waals surface area contributed by atoms with E-state index in [-0.39, 0.29) is 5.78 Å². The van der Waals surface area contributed by atoms with Crippen molar-refractivity contribution >= 4 is 31.6 Å². The number of carbonyl (C=O) groups is 1. The normalized spacial score (nSPS) is 35.3. The monoisotopic (exact) mass is 338 g/mol. The van der Waals surface area contributed by atoms with Crippen LogP contribution in [0.3, 0.4) is 0 Å². The van der Waals surface area contributed by atoms with Crippen LogP contribution in [0.25, 0.3) is 6.08 Å². The molecule has 0 saturated heterocycles. The van der Waals surface area contributed by atoms with Crippen molar-refractivity contribution in [2.45, 2.75) is 38.4 Å². The van der Waals surface area contributed by atoms with E-state index >= 15 is 0 Å². The highest BCUT2D eigenvalue weighted by Gasteiger charge is 2.77. The van der Waals surface area contributed by atoms with E-state index < -0.39 is 24.6 Å². The third-order valence-corrected chi connectivity index (χ3v) is 8.63. The molecule has 2 aliphatic rings. The summed E-state index contributed by atoms with van der Waals surface area (Å²) < 4.78 is 23.7. The molecule has 0 amide bonds. The van der Waals surface area contributed by atoms with Crippen molar-refractivity contribution in [3.63, 3.8) is 0 Å². The molecule has 3 rings (SSSR count). The fourth-order valence-electron chi connectivity index (χ4n) is 4.30. The number of rotatable bonds is 2. The van der Waals surface area contributed by atoms with E-state index in [2.05, 4.69) is 0 Å². The van der Waals surface area contributed by atoms with Crippen molar-refractivity contribution in [1.29, 1.82) is 0 Å². The molecular formula is C17H19ClO3S. The number of ketones is 1. The molecule has 3 nitrogen and oxygen atoms in total. The first-order valence-electron chi connectivity index (χ1n) is 7.34. The maximum absolute atomic E-state index is 13.0. The van der Waals surface area contributed by atoms with Gasteiger partial charge in [0.25, 0.3) is 0 Å². The van der Waals surface area contributed by atoms with Crippen molar-refractivity contribution in [3.8, 4) is 0 Å². The zero-order valence-electron chi connectivity index (χ0n) is 12.9. The molecule has 5 heteroatoms. The third-order valence-electron chi connectivity index (χ3n) is 6.07. The zero-order chi connectivity index (χ0) is 16.4. The largest absolute Gasteiger partial charge is 0.294 e. The van der Waals surface area contributed by atoms with Crippen LogP contribution < -0.4 is 0 Å². The molecule has 0 radical (unpaired) electrons. The van der Waals surface area contributed by atoms with Gasteiger partial charge in [0.05, 0.1) is 0 Å². The van der Waals surface area contributed by atoms with Gasteiger partial charge in [-0.2, -0.15) is 0 Å². The molecule has 2 bridgehead atoms. The van der Waals surface area contributed by atoms with Gasteiger partial charge in [-0.15, -0.1) is 0 Å². The summed E-state index contributed by atoms with van der Waals surface area (Å²) in [5, 5.41) is 0. The number of hydrogen-bond donors (Lipinski definition) is 0. The van der Waals surface area contributed by atoms with Crippen LogP contribution in [0.4, 0.5) is 0 Å². The van der Waals surface area contributed by atoms with E-state index in [9.17, 15) is 13.2 Å². The van der Waals surface area contributed by atoms with Crippen LogP contribution in [-0.2, 0) is 13.8 Å². The van der Waals surface area contributed by atoms with Crippen molar-refractivity contribution < 1.29 is 13.2 Å². The molecule has 2 atom stereocenters. The van der Waals surface area contributed by atoms with E-state index in [1.54, 1.807) is 6.08 Å². The van der Waals surface area contributed by atoms with Crippen LogP contribution in [-0.4, -0.2) is 18.9 Å². The van der Waals surface area contributed by atoms with Crippen LogP contribution in [0.2, 0.25) is 0 Å². The lowest BCUT2D eigenvalue weighted by molar-refractivity contribution is -0.125. The van der Waals surface area contributed by atoms with Gasteiger partial charge >= 0.3 is 0 Å². The van der Waals surface area contributed by atoms with E-state index in [1.165, 1.54) is 0 Å². The average molecular weight is 339 g/mol. The molecule has 0 N–H and O–H groups in total. The minimum Gasteiger partial charge on any atom is -0.294 e. The maximum Gasteiger partial charge on any atom is 0.243 e. The molecule has 118 valence electrons. The fourth-order valence-corrected chi connectivity index (χ4v) is 6.96. The smallest absolute Gasteiger partial charge is 0.243 e. The van der Waals surface area contributed by atoms with Crippen LogP contribution in [0.5, 0.6) is 0 Å². The quantitative estimate of drug-likeness (QED) is 0.609. The standard InChI is InChI=1S/C17H19ClO3S/c1-15(2)16(3)9-10-17(15,22(18,20)21)13(14(16)19)11-12-7-5-4-6-8-12/h4-8,11H,9-10H2,1-3H3. The minimum absolute atomic E-state index is 0.0863. The Labute approximate surface area is 135 Å². The fraction of sp³-hybridized carbons (Fsp3) is 0.471. The summed E-state index contributed by atoms with van der Waals surface area (Å²) in [6.07, 6.45) is 2.65. The Morgan fingerprint density at radius 1 is 1.09 bits per heavy atom. The molecule has 0 aliphatic heterocycles. The van der Waals surface area contributed by atoms with Crippen molar-refractivity contribution in [3.05, 3.63) is 41.5 Å². The predicted octanol–water partition coefficient (Wildman–Crippen LogP) is 3.79. The van der Waals surface area contributed by atoms with E-state index in [0.717, 1.165) is 5.56 Å². The molecule has 0 heterocycles. The Hall–Kier alpha value is -1.13. The van der Waals surface area contributed by atoms with E-state index in [0.29, 0.717) is 18.4 Å². The van der Waals surface area contributed by atoms with Gasteiger partial charge in [-0.3, -0.25) is 4.79 Å². The number of benzene rings is 1. The predicted molar refractivity (Wildman–Crippen MR) is 88.1 cm³/mol. The number of hydrogen-bond acceptors (Lipinski definition) is 3. The summed E-state index contributed by atoms with van der Waals surface area (Å²) in [4.78, 5) is 13.0. The second-order valence-corrected chi connectivity index (χ2v) is 9.81. The number of halogens is 1. The Balaban J connectivity index is 2.32. The third kappa shape index (κ3) is 1.63. The van der Waals surface area contributed by atoms with Gasteiger partial charge < -0.3 is 0 Å². The highest BCUT2D eigenvalue weighted by Crippen LogP contribution is 2.71. The number of carbonyl (C=O) groups excluding carboxylic acids is 1. The Morgan fingerprint density at radius 3 is 2.23 bits per heavy atom. The van der Waals surface area contributed by atoms with Crippen molar-refractivity contribution in [2.24, 2.45) is 10.8 Å². The summed E-state index contributed by atoms with van der Waals surface area (Å²) in [5.41, 5.74) is -0.252. The van der Waals surface area contributed by atoms with Crippen molar-refractivity contribution in [2.75, 3.05) is 0 Å². The van der Waals surface area contributed by atoms with Gasteiger partial charge in [-0.25, -0.2) is 8.42 Å². The molecule has 0 spiro atoms. The first-order chi connectivity index (χ1) is 10.1. The highest BCUT2D eigenvalue weighted by molar-refractivity contribution is 8.15. The first kappa shape index (κ1) is 15.8. The van der Waals surface area contributed by atoms with Gasteiger partial charge in [-0.05, 0) is 24.5 Å². The lowest BCUT2D eigenvalue weighted by Gasteiger charge is -2.37. The summed E-state index contributed by atoms with van der Waals surface area (Å²) in [5.74, 6) is -0.0863. The van der Waals surface area contributed by atoms with Crippen LogP contribution >= 0.6 is 10.7 Å². The van der Waals surface area contributed by atoms with Gasteiger partial charge in [0, 0.05) is 27.1 Å². The Morgan fingerprint density at radius 2 is 1.68 bits per heavy atom. The molecular weight excluding hydrogens is 320 g/mol. The second-order valence-electron chi connectivity index (χ2n) is 7.02. The molecule has 2 saturated carbocycles. The summed E-state index contributed by atoms with van der Waals surface area (Å²) in [6, 6.07) is 9.31. The van der Waals surface area contributed by atoms with Gasteiger partial charge in [0.2, 0.25) is 9.05 Å².